The Morgan fingerprint density at radius 3 is 2.36 bits per heavy atom. The molecule has 0 saturated heterocycles. The van der Waals surface area contributed by atoms with Crippen LogP contribution in [0, 0.1) is 0 Å². The van der Waals surface area contributed by atoms with Crippen LogP contribution in [0.5, 0.6) is 17.2 Å². The van der Waals surface area contributed by atoms with Gasteiger partial charge in [0.15, 0.2) is 18.1 Å². The maximum absolute atomic E-state index is 12.1. The summed E-state index contributed by atoms with van der Waals surface area (Å²) in [5.41, 5.74) is 1.22. The Hall–Kier alpha value is -3.22. The van der Waals surface area contributed by atoms with Crippen LogP contribution in [0.2, 0.25) is 0 Å². The van der Waals surface area contributed by atoms with Crippen LogP contribution in [-0.2, 0) is 20.7 Å². The van der Waals surface area contributed by atoms with Crippen molar-refractivity contribution in [3.63, 3.8) is 0 Å². The summed E-state index contributed by atoms with van der Waals surface area (Å²) in [6, 6.07) is 12.2. The van der Waals surface area contributed by atoms with Gasteiger partial charge >= 0.3 is 5.97 Å². The summed E-state index contributed by atoms with van der Waals surface area (Å²) >= 11 is 0. The molecule has 0 aliphatic rings. The van der Waals surface area contributed by atoms with Crippen molar-refractivity contribution in [1.29, 1.82) is 0 Å². The molecule has 150 valence electrons. The van der Waals surface area contributed by atoms with Gasteiger partial charge in [0, 0.05) is 17.3 Å². The van der Waals surface area contributed by atoms with E-state index in [-0.39, 0.29) is 13.0 Å². The average molecular weight is 387 g/mol. The zero-order valence-electron chi connectivity index (χ0n) is 16.3. The van der Waals surface area contributed by atoms with Gasteiger partial charge in [-0.05, 0) is 32.0 Å². The second-order valence-electron chi connectivity index (χ2n) is 5.73. The third-order valence-electron chi connectivity index (χ3n) is 3.72. The fourth-order valence-corrected chi connectivity index (χ4v) is 2.53. The normalized spacial score (nSPS) is 10.1. The fourth-order valence-electron chi connectivity index (χ4n) is 2.53. The number of nitrogens with one attached hydrogen (secondary N) is 1. The molecule has 0 aromatic heterocycles. The van der Waals surface area contributed by atoms with Crippen molar-refractivity contribution in [3.05, 3.63) is 48.0 Å². The first-order valence-corrected chi connectivity index (χ1v) is 9.04. The van der Waals surface area contributed by atoms with Gasteiger partial charge < -0.3 is 24.3 Å². The number of para-hydroxylation sites is 1. The number of carbonyl (C=O) groups excluding carboxylic acids is 2. The highest BCUT2D eigenvalue weighted by molar-refractivity contribution is 5.93. The SMILES string of the molecule is CCOc1ccc(NC(=O)COC(=O)Cc2ccccc2OC)cc1OCC. The largest absolute Gasteiger partial charge is 0.496 e. The molecule has 0 aliphatic heterocycles. The third kappa shape index (κ3) is 6.19. The van der Waals surface area contributed by atoms with Gasteiger partial charge in [-0.25, -0.2) is 0 Å². The summed E-state index contributed by atoms with van der Waals surface area (Å²) < 4.78 is 21.3. The topological polar surface area (TPSA) is 83.1 Å². The highest BCUT2D eigenvalue weighted by atomic mass is 16.5. The highest BCUT2D eigenvalue weighted by Gasteiger charge is 2.13. The molecule has 1 N–H and O–H groups in total. The van der Waals surface area contributed by atoms with Gasteiger partial charge in [0.05, 0.1) is 26.7 Å². The van der Waals surface area contributed by atoms with Gasteiger partial charge in [-0.1, -0.05) is 18.2 Å². The first-order chi connectivity index (χ1) is 13.6. The van der Waals surface area contributed by atoms with E-state index in [1.54, 1.807) is 36.4 Å². The summed E-state index contributed by atoms with van der Waals surface area (Å²) in [5, 5.41) is 2.68. The van der Waals surface area contributed by atoms with Gasteiger partial charge in [0.25, 0.3) is 5.91 Å². The Kier molecular flexibility index (Phi) is 8.14. The van der Waals surface area contributed by atoms with Crippen molar-refractivity contribution < 1.29 is 28.5 Å². The van der Waals surface area contributed by atoms with Crippen LogP contribution in [0.15, 0.2) is 42.5 Å². The molecule has 1 amide bonds. The predicted molar refractivity (Wildman–Crippen MR) is 105 cm³/mol. The molecule has 2 rings (SSSR count). The van der Waals surface area contributed by atoms with Crippen molar-refractivity contribution in [1.82, 2.24) is 0 Å². The molecule has 7 heteroatoms. The van der Waals surface area contributed by atoms with Crippen LogP contribution < -0.4 is 19.5 Å². The van der Waals surface area contributed by atoms with E-state index in [0.717, 1.165) is 0 Å². The summed E-state index contributed by atoms with van der Waals surface area (Å²) in [5.74, 6) is 0.781. The van der Waals surface area contributed by atoms with Crippen LogP contribution in [-0.4, -0.2) is 38.8 Å². The Morgan fingerprint density at radius 1 is 0.929 bits per heavy atom. The molecule has 2 aromatic carbocycles. The van der Waals surface area contributed by atoms with Crippen molar-refractivity contribution >= 4 is 17.6 Å². The molecule has 28 heavy (non-hydrogen) atoms. The molecule has 2 aromatic rings. The van der Waals surface area contributed by atoms with Crippen LogP contribution >= 0.6 is 0 Å². The average Bonchev–Trinajstić information content (AvgIpc) is 2.69. The maximum atomic E-state index is 12.1. The monoisotopic (exact) mass is 387 g/mol. The van der Waals surface area contributed by atoms with Crippen LogP contribution in [0.3, 0.4) is 0 Å². The fraction of sp³-hybridized carbons (Fsp3) is 0.333. The minimum absolute atomic E-state index is 0.0227. The first-order valence-electron chi connectivity index (χ1n) is 9.04. The van der Waals surface area contributed by atoms with E-state index in [1.165, 1.54) is 7.11 Å². The lowest BCUT2D eigenvalue weighted by atomic mass is 10.1. The first kappa shape index (κ1) is 21.1. The lowest BCUT2D eigenvalue weighted by molar-refractivity contribution is -0.146. The molecule has 0 fully saturated rings. The summed E-state index contributed by atoms with van der Waals surface area (Å²) in [6.07, 6.45) is 0.0227. The number of hydrogen-bond acceptors (Lipinski definition) is 6. The minimum atomic E-state index is -0.513. The number of esters is 1. The number of methoxy groups -OCH3 is 1. The van der Waals surface area contributed by atoms with Crippen molar-refractivity contribution in [2.75, 3.05) is 32.2 Å². The van der Waals surface area contributed by atoms with E-state index in [1.807, 2.05) is 19.9 Å². The van der Waals surface area contributed by atoms with Crippen molar-refractivity contribution in [3.8, 4) is 17.2 Å². The standard InChI is InChI=1S/C21H25NO6/c1-4-26-18-11-10-16(13-19(18)27-5-2)22-20(23)14-28-21(24)12-15-8-6-7-9-17(15)25-3/h6-11,13H,4-5,12,14H2,1-3H3,(H,22,23). The number of anilines is 1. The molecular weight excluding hydrogens is 362 g/mol. The highest BCUT2D eigenvalue weighted by Crippen LogP contribution is 2.30. The number of amides is 1. The zero-order valence-corrected chi connectivity index (χ0v) is 16.3. The minimum Gasteiger partial charge on any atom is -0.496 e. The molecule has 7 nitrogen and oxygen atoms in total. The van der Waals surface area contributed by atoms with E-state index in [4.69, 9.17) is 18.9 Å². The van der Waals surface area contributed by atoms with E-state index in [2.05, 4.69) is 5.32 Å². The number of rotatable bonds is 10. The van der Waals surface area contributed by atoms with Gasteiger partial charge in [0.1, 0.15) is 5.75 Å². The molecule has 0 aliphatic carbocycles. The van der Waals surface area contributed by atoms with Crippen molar-refractivity contribution in [2.24, 2.45) is 0 Å². The smallest absolute Gasteiger partial charge is 0.310 e. The van der Waals surface area contributed by atoms with Crippen LogP contribution in [0.4, 0.5) is 5.69 Å². The maximum Gasteiger partial charge on any atom is 0.310 e. The van der Waals surface area contributed by atoms with Crippen LogP contribution in [0.25, 0.3) is 0 Å². The third-order valence-corrected chi connectivity index (χ3v) is 3.72. The van der Waals surface area contributed by atoms with Gasteiger partial charge in [-0.3, -0.25) is 9.59 Å². The summed E-state index contributed by atoms with van der Waals surface area (Å²) in [6.45, 7) is 4.34. The van der Waals surface area contributed by atoms with E-state index >= 15 is 0 Å². The Bertz CT molecular complexity index is 805. The number of ether oxygens (including phenoxy) is 4. The predicted octanol–water partition coefficient (Wildman–Crippen LogP) is 3.22. The summed E-state index contributed by atoms with van der Waals surface area (Å²) in [7, 11) is 1.53. The molecule has 0 heterocycles. The van der Waals surface area contributed by atoms with Gasteiger partial charge in [0.2, 0.25) is 0 Å². The molecule has 0 spiro atoms. The number of hydrogen-bond donors (Lipinski definition) is 1. The lowest BCUT2D eigenvalue weighted by Crippen LogP contribution is -2.21. The van der Waals surface area contributed by atoms with Gasteiger partial charge in [-0.2, -0.15) is 0 Å². The second-order valence-corrected chi connectivity index (χ2v) is 5.73. The zero-order chi connectivity index (χ0) is 20.4. The molecule has 0 bridgehead atoms. The Labute approximate surface area is 164 Å². The van der Waals surface area contributed by atoms with E-state index < -0.39 is 11.9 Å². The quantitative estimate of drug-likeness (QED) is 0.631. The Balaban J connectivity index is 1.89. The molecule has 0 unspecified atom stereocenters. The summed E-state index contributed by atoms with van der Waals surface area (Å²) in [4.78, 5) is 24.1. The lowest BCUT2D eigenvalue weighted by Gasteiger charge is -2.13. The van der Waals surface area contributed by atoms with Crippen LogP contribution in [0.1, 0.15) is 19.4 Å². The molecule has 0 radical (unpaired) electrons. The van der Waals surface area contributed by atoms with Crippen molar-refractivity contribution in [2.45, 2.75) is 20.3 Å². The second kappa shape index (κ2) is 10.8. The molecule has 0 atom stereocenters. The van der Waals surface area contributed by atoms with E-state index in [0.29, 0.717) is 41.7 Å². The Morgan fingerprint density at radius 2 is 1.64 bits per heavy atom. The molecular formula is C21H25NO6. The number of benzene rings is 2. The van der Waals surface area contributed by atoms with E-state index in [9.17, 15) is 9.59 Å². The van der Waals surface area contributed by atoms with Gasteiger partial charge in [-0.15, -0.1) is 0 Å². The molecule has 0 saturated carbocycles. The number of carbonyl (C=O) groups is 2.